The first-order chi connectivity index (χ1) is 13.4. The lowest BCUT2D eigenvalue weighted by Crippen LogP contribution is -2.05. The molecule has 0 aliphatic heterocycles. The predicted molar refractivity (Wildman–Crippen MR) is 120 cm³/mol. The van der Waals surface area contributed by atoms with E-state index in [1.165, 1.54) is 0 Å². The third kappa shape index (κ3) is 4.37. The van der Waals surface area contributed by atoms with Crippen LogP contribution >= 0.6 is 11.6 Å². The highest BCUT2D eigenvalue weighted by Crippen LogP contribution is 2.29. The second-order valence-electron chi connectivity index (χ2n) is 6.95. The van der Waals surface area contributed by atoms with Crippen molar-refractivity contribution >= 4 is 34.4 Å². The van der Waals surface area contributed by atoms with Gasteiger partial charge in [0.05, 0.1) is 39.2 Å². The van der Waals surface area contributed by atoms with Gasteiger partial charge < -0.3 is 0 Å². The van der Waals surface area contributed by atoms with Gasteiger partial charge in [0.1, 0.15) is 0 Å². The number of pyridine rings is 1. The van der Waals surface area contributed by atoms with Crippen molar-refractivity contribution in [3.63, 3.8) is 0 Å². The monoisotopic (exact) mass is 389 g/mol. The van der Waals surface area contributed by atoms with Crippen LogP contribution in [0.3, 0.4) is 0 Å². The first-order valence-electron chi connectivity index (χ1n) is 9.26. The molecule has 0 aliphatic carbocycles. The van der Waals surface area contributed by atoms with E-state index in [-0.39, 0.29) is 0 Å². The number of aliphatic imine (C=N–C) groups is 2. The second-order valence-corrected chi connectivity index (χ2v) is 7.36. The van der Waals surface area contributed by atoms with Crippen LogP contribution in [-0.4, -0.2) is 16.4 Å². The summed E-state index contributed by atoms with van der Waals surface area (Å²) in [6.45, 7) is 10.1. The van der Waals surface area contributed by atoms with Crippen molar-refractivity contribution in [1.82, 2.24) is 4.98 Å². The number of halogens is 1. The Morgan fingerprint density at radius 2 is 1.11 bits per heavy atom. The van der Waals surface area contributed by atoms with Crippen molar-refractivity contribution in [2.45, 2.75) is 34.6 Å². The van der Waals surface area contributed by atoms with Gasteiger partial charge in [0.25, 0.3) is 0 Å². The van der Waals surface area contributed by atoms with Gasteiger partial charge in [-0.05, 0) is 69.5 Å². The zero-order valence-corrected chi connectivity index (χ0v) is 17.7. The number of aryl methyl sites for hydroxylation is 3. The van der Waals surface area contributed by atoms with E-state index in [2.05, 4.69) is 32.0 Å². The molecule has 1 heterocycles. The third-order valence-electron chi connectivity index (χ3n) is 4.68. The van der Waals surface area contributed by atoms with E-state index >= 15 is 0 Å². The number of hydrogen-bond acceptors (Lipinski definition) is 3. The van der Waals surface area contributed by atoms with Crippen LogP contribution in [0.4, 0.5) is 11.4 Å². The summed E-state index contributed by atoms with van der Waals surface area (Å²) in [4.78, 5) is 14.3. The molecule has 2 aromatic carbocycles. The van der Waals surface area contributed by atoms with Gasteiger partial charge in [-0.2, -0.15) is 0 Å². The maximum Gasteiger partial charge on any atom is 0.0849 e. The van der Waals surface area contributed by atoms with Crippen molar-refractivity contribution in [3.05, 3.63) is 87.7 Å². The smallest absolute Gasteiger partial charge is 0.0849 e. The van der Waals surface area contributed by atoms with Crippen LogP contribution in [0.15, 0.2) is 64.6 Å². The minimum Gasteiger partial charge on any atom is -0.251 e. The Balaban J connectivity index is 1.98. The molecule has 0 saturated carbocycles. The molecule has 0 bridgehead atoms. The van der Waals surface area contributed by atoms with Crippen LogP contribution in [0.25, 0.3) is 0 Å². The predicted octanol–water partition coefficient (Wildman–Crippen LogP) is 6.94. The molecule has 28 heavy (non-hydrogen) atoms. The zero-order chi connectivity index (χ0) is 20.3. The standard InChI is InChI=1S/C24H24ClN3/c1-15-9-6-10-16(2)23(15)26-18(4)21-13-8-14-22(28-21)19(5)27-24-17(3)11-7-12-20(24)25/h6-14H,1-5H3/b26-18+,27-19+. The minimum atomic E-state index is 0.642. The summed E-state index contributed by atoms with van der Waals surface area (Å²) >= 11 is 6.32. The molecule has 0 unspecified atom stereocenters. The highest BCUT2D eigenvalue weighted by molar-refractivity contribution is 6.33. The normalized spacial score (nSPS) is 12.4. The average Bonchev–Trinajstić information content (AvgIpc) is 2.67. The van der Waals surface area contributed by atoms with Crippen molar-refractivity contribution < 1.29 is 0 Å². The molecule has 3 aromatic rings. The summed E-state index contributed by atoms with van der Waals surface area (Å²) in [5.74, 6) is 0. The molecular weight excluding hydrogens is 366 g/mol. The second kappa shape index (κ2) is 8.49. The molecule has 0 amide bonds. The van der Waals surface area contributed by atoms with Gasteiger partial charge in [-0.25, -0.2) is 9.98 Å². The summed E-state index contributed by atoms with van der Waals surface area (Å²) in [6, 6.07) is 17.9. The molecule has 0 N–H and O–H groups in total. The lowest BCUT2D eigenvalue weighted by atomic mass is 10.1. The van der Waals surface area contributed by atoms with Crippen molar-refractivity contribution in [3.8, 4) is 0 Å². The first-order valence-corrected chi connectivity index (χ1v) is 9.64. The Bertz CT molecular complexity index is 958. The van der Waals surface area contributed by atoms with Gasteiger partial charge in [0.2, 0.25) is 0 Å². The largest absolute Gasteiger partial charge is 0.251 e. The molecule has 4 heteroatoms. The molecule has 3 nitrogen and oxygen atoms in total. The number of para-hydroxylation sites is 2. The topological polar surface area (TPSA) is 37.6 Å². The molecule has 142 valence electrons. The number of aromatic nitrogens is 1. The van der Waals surface area contributed by atoms with Crippen LogP contribution in [-0.2, 0) is 0 Å². The van der Waals surface area contributed by atoms with E-state index in [0.717, 1.165) is 50.9 Å². The fraction of sp³-hybridized carbons (Fsp3) is 0.208. The summed E-state index contributed by atoms with van der Waals surface area (Å²) in [6.07, 6.45) is 0. The summed E-state index contributed by atoms with van der Waals surface area (Å²) in [7, 11) is 0. The Labute approximate surface area is 171 Å². The van der Waals surface area contributed by atoms with Crippen molar-refractivity contribution in [2.75, 3.05) is 0 Å². The lowest BCUT2D eigenvalue weighted by molar-refractivity contribution is 1.23. The maximum absolute atomic E-state index is 6.32. The summed E-state index contributed by atoms with van der Waals surface area (Å²) in [5, 5.41) is 0.642. The SMILES string of the molecule is C/C(=N\c1c(C)cccc1C)c1cccc(/C(C)=N/c2c(C)cccc2Cl)n1. The number of rotatable bonds is 4. The van der Waals surface area contributed by atoms with Gasteiger partial charge in [-0.3, -0.25) is 4.99 Å². The van der Waals surface area contributed by atoms with Gasteiger partial charge in [-0.15, -0.1) is 0 Å². The first kappa shape index (κ1) is 20.0. The zero-order valence-electron chi connectivity index (χ0n) is 16.9. The highest BCUT2D eigenvalue weighted by Gasteiger charge is 2.08. The fourth-order valence-corrected chi connectivity index (χ4v) is 3.30. The molecule has 0 spiro atoms. The van der Waals surface area contributed by atoms with Crippen LogP contribution in [0, 0.1) is 20.8 Å². The van der Waals surface area contributed by atoms with E-state index in [4.69, 9.17) is 26.6 Å². The summed E-state index contributed by atoms with van der Waals surface area (Å²) < 4.78 is 0. The van der Waals surface area contributed by atoms with Crippen LogP contribution in [0.1, 0.15) is 41.9 Å². The summed E-state index contributed by atoms with van der Waals surface area (Å²) in [5.41, 5.74) is 8.48. The molecule has 0 aliphatic rings. The quantitative estimate of drug-likeness (QED) is 0.445. The van der Waals surface area contributed by atoms with Gasteiger partial charge in [0, 0.05) is 0 Å². The molecule has 0 atom stereocenters. The Hall–Kier alpha value is -2.78. The van der Waals surface area contributed by atoms with Gasteiger partial charge >= 0.3 is 0 Å². The van der Waals surface area contributed by atoms with Crippen molar-refractivity contribution in [2.24, 2.45) is 9.98 Å². The molecule has 3 rings (SSSR count). The Morgan fingerprint density at radius 1 is 0.679 bits per heavy atom. The number of benzene rings is 2. The number of hydrogen-bond donors (Lipinski definition) is 0. The third-order valence-corrected chi connectivity index (χ3v) is 4.98. The minimum absolute atomic E-state index is 0.642. The molecule has 0 saturated heterocycles. The van der Waals surface area contributed by atoms with Gasteiger partial charge in [-0.1, -0.05) is 48.0 Å². The number of nitrogens with zero attached hydrogens (tertiary/aromatic N) is 3. The maximum atomic E-state index is 6.32. The highest BCUT2D eigenvalue weighted by atomic mass is 35.5. The fourth-order valence-electron chi connectivity index (χ4n) is 3.03. The molecular formula is C24H24ClN3. The van der Waals surface area contributed by atoms with E-state index in [9.17, 15) is 0 Å². The van der Waals surface area contributed by atoms with Crippen LogP contribution in [0.2, 0.25) is 5.02 Å². The van der Waals surface area contributed by atoms with E-state index in [1.54, 1.807) is 0 Å². The molecule has 1 aromatic heterocycles. The van der Waals surface area contributed by atoms with Gasteiger partial charge in [0.15, 0.2) is 0 Å². The lowest BCUT2D eigenvalue weighted by Gasteiger charge is -2.08. The van der Waals surface area contributed by atoms with Crippen LogP contribution < -0.4 is 0 Å². The van der Waals surface area contributed by atoms with E-state index < -0.39 is 0 Å². The average molecular weight is 390 g/mol. The Kier molecular flexibility index (Phi) is 6.05. The van der Waals surface area contributed by atoms with Crippen molar-refractivity contribution in [1.29, 1.82) is 0 Å². The van der Waals surface area contributed by atoms with E-state index in [0.29, 0.717) is 5.02 Å². The molecule has 0 radical (unpaired) electrons. The molecule has 0 fully saturated rings. The Morgan fingerprint density at radius 3 is 1.64 bits per heavy atom. The van der Waals surface area contributed by atoms with Crippen LogP contribution in [0.5, 0.6) is 0 Å². The van der Waals surface area contributed by atoms with E-state index in [1.807, 2.05) is 57.2 Å².